The number of halogens is 1. The van der Waals surface area contributed by atoms with Crippen LogP contribution in [0.5, 0.6) is 0 Å². The highest BCUT2D eigenvalue weighted by molar-refractivity contribution is 9.10. The first-order chi connectivity index (χ1) is 10.8. The maximum Gasteiger partial charge on any atom is 0.307 e. The third kappa shape index (κ3) is 3.31. The van der Waals surface area contributed by atoms with Crippen molar-refractivity contribution in [2.75, 3.05) is 0 Å². The van der Waals surface area contributed by atoms with Crippen LogP contribution in [-0.4, -0.2) is 28.3 Å². The summed E-state index contributed by atoms with van der Waals surface area (Å²) in [6, 6.07) is 0.306. The lowest BCUT2D eigenvalue weighted by atomic mass is 9.49. The van der Waals surface area contributed by atoms with Crippen LogP contribution in [-0.2, 0) is 14.3 Å². The molecule has 4 bridgehead atoms. The minimum absolute atomic E-state index is 0.108. The Bertz CT molecular complexity index is 516. The van der Waals surface area contributed by atoms with Gasteiger partial charge in [-0.05, 0) is 75.5 Å². The minimum Gasteiger partial charge on any atom is -0.453 e. The van der Waals surface area contributed by atoms with Crippen molar-refractivity contribution >= 4 is 27.8 Å². The summed E-state index contributed by atoms with van der Waals surface area (Å²) >= 11 is 3.97. The molecule has 128 valence electrons. The van der Waals surface area contributed by atoms with Crippen molar-refractivity contribution in [2.45, 2.75) is 81.2 Å². The Hall–Kier alpha value is -0.580. The van der Waals surface area contributed by atoms with Crippen LogP contribution in [0, 0.1) is 17.3 Å². The van der Waals surface area contributed by atoms with Gasteiger partial charge in [-0.2, -0.15) is 0 Å². The zero-order valence-corrected chi connectivity index (χ0v) is 15.4. The fourth-order valence-electron chi connectivity index (χ4n) is 5.69. The molecule has 23 heavy (non-hydrogen) atoms. The highest BCUT2D eigenvalue weighted by Crippen LogP contribution is 2.65. The van der Waals surface area contributed by atoms with Crippen molar-refractivity contribution in [1.29, 1.82) is 0 Å². The van der Waals surface area contributed by atoms with E-state index in [4.69, 9.17) is 4.74 Å². The first-order valence-electron chi connectivity index (χ1n) is 9.04. The zero-order chi connectivity index (χ0) is 16.2. The molecule has 0 saturated heterocycles. The molecule has 0 spiro atoms. The Morgan fingerprint density at radius 2 is 1.87 bits per heavy atom. The molecule has 5 aliphatic carbocycles. The summed E-state index contributed by atoms with van der Waals surface area (Å²) in [5, 5.41) is 2.90. The highest BCUT2D eigenvalue weighted by Gasteiger charge is 2.57. The molecule has 5 aliphatic rings. The molecular weight excluding hydrogens is 358 g/mol. The second-order valence-corrected chi connectivity index (χ2v) is 10.4. The maximum atomic E-state index is 12.4. The zero-order valence-electron chi connectivity index (χ0n) is 13.8. The van der Waals surface area contributed by atoms with Crippen molar-refractivity contribution in [3.05, 3.63) is 0 Å². The monoisotopic (exact) mass is 383 g/mol. The Kier molecular flexibility index (Phi) is 3.78. The molecule has 0 radical (unpaired) electrons. The van der Waals surface area contributed by atoms with Gasteiger partial charge in [0.15, 0.2) is 6.10 Å². The second kappa shape index (κ2) is 5.47. The summed E-state index contributed by atoms with van der Waals surface area (Å²) < 4.78 is 5.70. The van der Waals surface area contributed by atoms with Crippen molar-refractivity contribution in [3.8, 4) is 0 Å². The summed E-state index contributed by atoms with van der Waals surface area (Å²) in [4.78, 5) is 24.4. The van der Waals surface area contributed by atoms with Crippen LogP contribution in [0.4, 0.5) is 0 Å². The molecular formula is C18H26BrNO3. The summed E-state index contributed by atoms with van der Waals surface area (Å²) in [7, 11) is 0. The average Bonchev–Trinajstić information content (AvgIpc) is 3.18. The van der Waals surface area contributed by atoms with Gasteiger partial charge in [0.05, 0.1) is 6.42 Å². The van der Waals surface area contributed by atoms with E-state index < -0.39 is 6.10 Å². The number of alkyl halides is 1. The van der Waals surface area contributed by atoms with Crippen molar-refractivity contribution in [1.82, 2.24) is 5.32 Å². The van der Waals surface area contributed by atoms with Gasteiger partial charge in [0, 0.05) is 10.4 Å². The number of amides is 1. The molecule has 0 aromatic carbocycles. The number of carbonyl (C=O) groups excluding carboxylic acids is 2. The number of hydrogen-bond donors (Lipinski definition) is 1. The van der Waals surface area contributed by atoms with Crippen LogP contribution < -0.4 is 5.32 Å². The lowest BCUT2D eigenvalue weighted by Gasteiger charge is -2.60. The summed E-state index contributed by atoms with van der Waals surface area (Å²) in [5.41, 5.74) is 0.108. The van der Waals surface area contributed by atoms with E-state index >= 15 is 0 Å². The van der Waals surface area contributed by atoms with Gasteiger partial charge in [-0.15, -0.1) is 0 Å². The second-order valence-electron chi connectivity index (χ2n) is 8.70. The molecule has 5 atom stereocenters. The largest absolute Gasteiger partial charge is 0.453 e. The van der Waals surface area contributed by atoms with Crippen LogP contribution in [0.1, 0.15) is 64.7 Å². The Morgan fingerprint density at radius 1 is 1.22 bits per heavy atom. The number of hydrogen-bond acceptors (Lipinski definition) is 3. The highest BCUT2D eigenvalue weighted by atomic mass is 79.9. The third-order valence-corrected chi connectivity index (χ3v) is 7.16. The normalized spacial score (nSPS) is 42.3. The molecule has 0 heterocycles. The first kappa shape index (κ1) is 15.9. The van der Waals surface area contributed by atoms with Crippen LogP contribution >= 0.6 is 15.9 Å². The predicted octanol–water partition coefficient (Wildman–Crippen LogP) is 3.32. The number of esters is 1. The first-order valence-corrected chi connectivity index (χ1v) is 9.83. The maximum absolute atomic E-state index is 12.4. The molecule has 2 unspecified atom stereocenters. The molecule has 5 saturated carbocycles. The van der Waals surface area contributed by atoms with E-state index in [-0.39, 0.29) is 21.6 Å². The molecule has 4 nitrogen and oxygen atoms in total. The number of ether oxygens (including phenoxy) is 1. The van der Waals surface area contributed by atoms with E-state index in [9.17, 15) is 9.59 Å². The Balaban J connectivity index is 1.35. The fourth-order valence-corrected chi connectivity index (χ4v) is 7.20. The van der Waals surface area contributed by atoms with E-state index in [1.165, 1.54) is 19.3 Å². The predicted molar refractivity (Wildman–Crippen MR) is 90.1 cm³/mol. The van der Waals surface area contributed by atoms with Crippen molar-refractivity contribution in [2.24, 2.45) is 17.3 Å². The standard InChI is InChI=1S/C18H26BrNO3/c1-11(16(22)20-14-2-3-14)23-15(21)9-17-5-12-4-13(6-17)8-18(19,7-12)10-17/h11-14H,2-10H2,1H3,(H,20,22)/t11-,12-,13+,17?,18?/m0/s1. The van der Waals surface area contributed by atoms with Crippen molar-refractivity contribution < 1.29 is 14.3 Å². The lowest BCUT2D eigenvalue weighted by Crippen LogP contribution is -2.53. The number of nitrogens with one attached hydrogen (secondary N) is 1. The van der Waals surface area contributed by atoms with Crippen LogP contribution in [0.3, 0.4) is 0 Å². The lowest BCUT2D eigenvalue weighted by molar-refractivity contribution is -0.160. The summed E-state index contributed by atoms with van der Waals surface area (Å²) in [5.74, 6) is 1.18. The van der Waals surface area contributed by atoms with Gasteiger partial charge in [-0.3, -0.25) is 9.59 Å². The molecule has 5 heteroatoms. The van der Waals surface area contributed by atoms with Gasteiger partial charge >= 0.3 is 5.97 Å². The van der Waals surface area contributed by atoms with Crippen LogP contribution in [0.15, 0.2) is 0 Å². The van der Waals surface area contributed by atoms with E-state index in [1.54, 1.807) is 6.92 Å². The van der Waals surface area contributed by atoms with E-state index in [1.807, 2.05) is 0 Å². The Morgan fingerprint density at radius 3 is 2.43 bits per heavy atom. The average molecular weight is 384 g/mol. The molecule has 1 amide bonds. The van der Waals surface area contributed by atoms with Gasteiger partial charge in [0.2, 0.25) is 0 Å². The molecule has 0 aromatic rings. The summed E-state index contributed by atoms with van der Waals surface area (Å²) in [6.07, 6.45) is 9.18. The van der Waals surface area contributed by atoms with Crippen LogP contribution in [0.25, 0.3) is 0 Å². The number of carbonyl (C=O) groups is 2. The SMILES string of the molecule is C[C@H](OC(=O)CC12C[C@@H]3C[C@@H](CC(Br)(C3)C1)C2)C(=O)NC1CC1. The van der Waals surface area contributed by atoms with E-state index in [0.717, 1.165) is 43.9 Å². The van der Waals surface area contributed by atoms with E-state index in [2.05, 4.69) is 21.2 Å². The molecule has 0 aromatic heterocycles. The molecule has 5 fully saturated rings. The topological polar surface area (TPSA) is 55.4 Å². The van der Waals surface area contributed by atoms with Crippen molar-refractivity contribution in [3.63, 3.8) is 0 Å². The minimum atomic E-state index is -0.671. The quantitative estimate of drug-likeness (QED) is 0.585. The molecule has 5 rings (SSSR count). The van der Waals surface area contributed by atoms with Gasteiger partial charge in [-0.1, -0.05) is 15.9 Å². The number of rotatable bonds is 5. The van der Waals surface area contributed by atoms with Gasteiger partial charge in [0.1, 0.15) is 0 Å². The fraction of sp³-hybridized carbons (Fsp3) is 0.889. The molecule has 1 N–H and O–H groups in total. The van der Waals surface area contributed by atoms with Gasteiger partial charge in [-0.25, -0.2) is 0 Å². The van der Waals surface area contributed by atoms with E-state index in [0.29, 0.717) is 12.5 Å². The van der Waals surface area contributed by atoms with Gasteiger partial charge in [0.25, 0.3) is 5.91 Å². The molecule has 0 aliphatic heterocycles. The van der Waals surface area contributed by atoms with Gasteiger partial charge < -0.3 is 10.1 Å². The summed E-state index contributed by atoms with van der Waals surface area (Å²) in [6.45, 7) is 1.68. The Labute approximate surface area is 146 Å². The smallest absolute Gasteiger partial charge is 0.307 e. The van der Waals surface area contributed by atoms with Crippen LogP contribution in [0.2, 0.25) is 0 Å². The third-order valence-electron chi connectivity index (χ3n) is 6.23.